The normalized spacial score (nSPS) is 15.6. The molecule has 2 heterocycles. The number of carbonyl (C=O) groups excluding carboxylic acids is 1. The van der Waals surface area contributed by atoms with Crippen LogP contribution in [0.2, 0.25) is 0 Å². The van der Waals surface area contributed by atoms with E-state index in [4.69, 9.17) is 4.74 Å². The molecule has 9 heteroatoms. The van der Waals surface area contributed by atoms with Gasteiger partial charge in [0, 0.05) is 32.4 Å². The van der Waals surface area contributed by atoms with Gasteiger partial charge in [-0.15, -0.1) is 0 Å². The smallest absolute Gasteiger partial charge is 0.259 e. The van der Waals surface area contributed by atoms with Crippen molar-refractivity contribution in [2.75, 3.05) is 32.8 Å². The summed E-state index contributed by atoms with van der Waals surface area (Å²) in [4.78, 5) is 18.3. The first kappa shape index (κ1) is 19.2. The predicted octanol–water partition coefficient (Wildman–Crippen LogP) is 1.77. The van der Waals surface area contributed by atoms with Crippen LogP contribution in [-0.4, -0.2) is 61.3 Å². The lowest BCUT2D eigenvalue weighted by Gasteiger charge is -2.34. The number of halogens is 1. The van der Waals surface area contributed by atoms with Crippen molar-refractivity contribution in [2.24, 2.45) is 0 Å². The molecule has 0 N–H and O–H groups in total. The Bertz CT molecular complexity index is 928. The Morgan fingerprint density at radius 1 is 1.19 bits per heavy atom. The van der Waals surface area contributed by atoms with Gasteiger partial charge in [0.05, 0.1) is 11.5 Å². The second-order valence-corrected chi connectivity index (χ2v) is 7.88. The third-order valence-electron chi connectivity index (χ3n) is 4.24. The van der Waals surface area contributed by atoms with Gasteiger partial charge in [-0.2, -0.15) is 4.31 Å². The molecular formula is C18H20FN3O4S. The van der Waals surface area contributed by atoms with Gasteiger partial charge < -0.3 is 9.64 Å². The minimum Gasteiger partial charge on any atom is -0.477 e. The van der Waals surface area contributed by atoms with Gasteiger partial charge in [-0.05, 0) is 37.3 Å². The van der Waals surface area contributed by atoms with Crippen molar-refractivity contribution in [3.63, 3.8) is 0 Å². The summed E-state index contributed by atoms with van der Waals surface area (Å²) in [5.74, 6) is -0.598. The SMILES string of the molecule is CCOc1ncccc1C(=O)N1CCN(S(=O)(=O)c2cccc(F)c2)CC1. The molecule has 0 saturated carbocycles. The monoisotopic (exact) mass is 393 g/mol. The van der Waals surface area contributed by atoms with E-state index in [1.807, 2.05) is 0 Å². The first-order valence-corrected chi connectivity index (χ1v) is 10.0. The maximum Gasteiger partial charge on any atom is 0.259 e. The van der Waals surface area contributed by atoms with E-state index in [0.717, 1.165) is 6.07 Å². The third kappa shape index (κ3) is 4.09. The first-order valence-electron chi connectivity index (χ1n) is 8.56. The van der Waals surface area contributed by atoms with Crippen molar-refractivity contribution < 1.29 is 22.3 Å². The Hall–Kier alpha value is -2.52. The van der Waals surface area contributed by atoms with Crippen LogP contribution in [-0.2, 0) is 10.0 Å². The molecule has 2 aromatic rings. The Kier molecular flexibility index (Phi) is 5.71. The standard InChI is InChI=1S/C18H20FN3O4S/c1-2-26-17-16(7-4-8-20-17)18(23)21-9-11-22(12-10-21)27(24,25)15-6-3-5-14(19)13-15/h3-8,13H,2,9-12H2,1H3. The quantitative estimate of drug-likeness (QED) is 0.774. The number of hydrogen-bond donors (Lipinski definition) is 0. The van der Waals surface area contributed by atoms with Crippen LogP contribution in [0.15, 0.2) is 47.5 Å². The Balaban J connectivity index is 1.71. The van der Waals surface area contributed by atoms with Crippen LogP contribution in [0, 0.1) is 5.82 Å². The van der Waals surface area contributed by atoms with Gasteiger partial charge in [-0.3, -0.25) is 4.79 Å². The molecule has 1 aliphatic heterocycles. The third-order valence-corrected chi connectivity index (χ3v) is 6.14. The van der Waals surface area contributed by atoms with E-state index in [1.165, 1.54) is 22.5 Å². The number of benzene rings is 1. The van der Waals surface area contributed by atoms with E-state index in [0.29, 0.717) is 12.2 Å². The number of carbonyl (C=O) groups is 1. The first-order chi connectivity index (χ1) is 12.9. The van der Waals surface area contributed by atoms with Gasteiger partial charge >= 0.3 is 0 Å². The average molecular weight is 393 g/mol. The van der Waals surface area contributed by atoms with Gasteiger partial charge in [-0.25, -0.2) is 17.8 Å². The summed E-state index contributed by atoms with van der Waals surface area (Å²) >= 11 is 0. The highest BCUT2D eigenvalue weighted by atomic mass is 32.2. The molecule has 0 spiro atoms. The molecule has 0 radical (unpaired) electrons. The summed E-state index contributed by atoms with van der Waals surface area (Å²) in [6.45, 7) is 2.92. The summed E-state index contributed by atoms with van der Waals surface area (Å²) in [5.41, 5.74) is 0.348. The molecule has 0 atom stereocenters. The number of amides is 1. The molecule has 7 nitrogen and oxygen atoms in total. The lowest BCUT2D eigenvalue weighted by molar-refractivity contribution is 0.0692. The number of hydrogen-bond acceptors (Lipinski definition) is 5. The largest absolute Gasteiger partial charge is 0.477 e. The van der Waals surface area contributed by atoms with Crippen LogP contribution in [0.4, 0.5) is 4.39 Å². The molecule has 1 amide bonds. The highest BCUT2D eigenvalue weighted by Gasteiger charge is 2.31. The number of piperazine rings is 1. The lowest BCUT2D eigenvalue weighted by Crippen LogP contribution is -2.50. The van der Waals surface area contributed by atoms with E-state index in [2.05, 4.69) is 4.98 Å². The maximum atomic E-state index is 13.4. The molecule has 3 rings (SSSR count). The predicted molar refractivity (Wildman–Crippen MR) is 96.5 cm³/mol. The second kappa shape index (κ2) is 8.01. The van der Waals surface area contributed by atoms with Crippen molar-refractivity contribution in [1.29, 1.82) is 0 Å². The lowest BCUT2D eigenvalue weighted by atomic mass is 10.2. The molecule has 144 valence electrons. The number of aromatic nitrogens is 1. The fourth-order valence-electron chi connectivity index (χ4n) is 2.88. The Morgan fingerprint density at radius 2 is 1.93 bits per heavy atom. The number of pyridine rings is 1. The highest BCUT2D eigenvalue weighted by molar-refractivity contribution is 7.89. The van der Waals surface area contributed by atoms with Crippen molar-refractivity contribution in [1.82, 2.24) is 14.2 Å². The van der Waals surface area contributed by atoms with Crippen molar-refractivity contribution in [2.45, 2.75) is 11.8 Å². The van der Waals surface area contributed by atoms with Gasteiger partial charge in [0.15, 0.2) is 0 Å². The molecule has 1 aliphatic rings. The Morgan fingerprint density at radius 3 is 2.59 bits per heavy atom. The summed E-state index contributed by atoms with van der Waals surface area (Å²) in [7, 11) is -3.80. The molecular weight excluding hydrogens is 373 g/mol. The molecule has 1 aromatic carbocycles. The van der Waals surface area contributed by atoms with Crippen molar-refractivity contribution in [3.8, 4) is 5.88 Å². The molecule has 0 bridgehead atoms. The van der Waals surface area contributed by atoms with Crippen LogP contribution >= 0.6 is 0 Å². The minimum atomic E-state index is -3.80. The molecule has 1 saturated heterocycles. The van der Waals surface area contributed by atoms with Gasteiger partial charge in [0.25, 0.3) is 5.91 Å². The molecule has 1 fully saturated rings. The zero-order valence-corrected chi connectivity index (χ0v) is 15.7. The summed E-state index contributed by atoms with van der Waals surface area (Å²) < 4.78 is 45.3. The van der Waals surface area contributed by atoms with Crippen LogP contribution in [0.1, 0.15) is 17.3 Å². The summed E-state index contributed by atoms with van der Waals surface area (Å²) in [6, 6.07) is 8.20. The van der Waals surface area contributed by atoms with E-state index in [9.17, 15) is 17.6 Å². The number of nitrogens with zero attached hydrogens (tertiary/aromatic N) is 3. The van der Waals surface area contributed by atoms with Crippen molar-refractivity contribution in [3.05, 3.63) is 54.0 Å². The van der Waals surface area contributed by atoms with E-state index < -0.39 is 15.8 Å². The molecule has 27 heavy (non-hydrogen) atoms. The summed E-state index contributed by atoms with van der Waals surface area (Å²) in [5, 5.41) is 0. The average Bonchev–Trinajstić information content (AvgIpc) is 2.68. The minimum absolute atomic E-state index is 0.0897. The second-order valence-electron chi connectivity index (χ2n) is 5.94. The topological polar surface area (TPSA) is 79.8 Å². The number of ether oxygens (including phenoxy) is 1. The number of sulfonamides is 1. The van der Waals surface area contributed by atoms with E-state index in [1.54, 1.807) is 30.2 Å². The van der Waals surface area contributed by atoms with Crippen LogP contribution in [0.3, 0.4) is 0 Å². The van der Waals surface area contributed by atoms with E-state index in [-0.39, 0.29) is 42.9 Å². The molecule has 1 aromatic heterocycles. The maximum absolute atomic E-state index is 13.4. The zero-order chi connectivity index (χ0) is 19.4. The van der Waals surface area contributed by atoms with Gasteiger partial charge in [0.2, 0.25) is 15.9 Å². The highest BCUT2D eigenvalue weighted by Crippen LogP contribution is 2.21. The van der Waals surface area contributed by atoms with Gasteiger partial charge in [-0.1, -0.05) is 6.07 Å². The van der Waals surface area contributed by atoms with Crippen LogP contribution in [0.25, 0.3) is 0 Å². The van der Waals surface area contributed by atoms with Crippen molar-refractivity contribution >= 4 is 15.9 Å². The zero-order valence-electron chi connectivity index (χ0n) is 14.8. The van der Waals surface area contributed by atoms with Crippen LogP contribution < -0.4 is 4.74 Å². The Labute approximate surface area is 157 Å². The van der Waals surface area contributed by atoms with Crippen LogP contribution in [0.5, 0.6) is 5.88 Å². The molecule has 0 unspecified atom stereocenters. The van der Waals surface area contributed by atoms with E-state index >= 15 is 0 Å². The summed E-state index contributed by atoms with van der Waals surface area (Å²) in [6.07, 6.45) is 1.55. The number of rotatable bonds is 5. The fourth-order valence-corrected chi connectivity index (χ4v) is 4.34. The fraction of sp³-hybridized carbons (Fsp3) is 0.333. The molecule has 0 aliphatic carbocycles. The van der Waals surface area contributed by atoms with Gasteiger partial charge in [0.1, 0.15) is 11.4 Å².